The molecule has 0 bridgehead atoms. The van der Waals surface area contributed by atoms with E-state index in [1.165, 1.54) is 16.8 Å². The van der Waals surface area contributed by atoms with Crippen LogP contribution in [-0.2, 0) is 16.4 Å². The lowest BCUT2D eigenvalue weighted by Crippen LogP contribution is -2.30. The molecule has 0 unspecified atom stereocenters. The maximum atomic E-state index is 11.7. The van der Waals surface area contributed by atoms with Gasteiger partial charge in [-0.05, 0) is 12.1 Å². The number of nitrogens with zero attached hydrogens (tertiary/aromatic N) is 1. The van der Waals surface area contributed by atoms with Gasteiger partial charge in [-0.15, -0.1) is 0 Å². The summed E-state index contributed by atoms with van der Waals surface area (Å²) in [5, 5.41) is 0. The smallest absolute Gasteiger partial charge is 0.260 e. The molecule has 1 heterocycles. The van der Waals surface area contributed by atoms with Crippen molar-refractivity contribution < 1.29 is 8.42 Å². The molecule has 0 aliphatic heterocycles. The van der Waals surface area contributed by atoms with Gasteiger partial charge in [-0.1, -0.05) is 12.2 Å². The molecule has 0 saturated heterocycles. The third-order valence-corrected chi connectivity index (χ3v) is 3.13. The van der Waals surface area contributed by atoms with Gasteiger partial charge in [0.05, 0.1) is 11.3 Å². The Labute approximate surface area is 98.8 Å². The highest BCUT2D eigenvalue weighted by Gasteiger charge is 2.07. The van der Waals surface area contributed by atoms with Crippen molar-refractivity contribution in [3.63, 3.8) is 0 Å². The number of thiocarbonyl (C=S) groups is 1. The third-order valence-electron chi connectivity index (χ3n) is 1.99. The number of hydrogen-bond donors (Lipinski definition) is 1. The van der Waals surface area contributed by atoms with Crippen LogP contribution in [0.2, 0.25) is 0 Å². The van der Waals surface area contributed by atoms with Crippen LogP contribution in [0.1, 0.15) is 5.56 Å². The van der Waals surface area contributed by atoms with E-state index in [4.69, 9.17) is 18.0 Å². The molecule has 7 heteroatoms. The van der Waals surface area contributed by atoms with Gasteiger partial charge in [0.2, 0.25) is 0 Å². The molecule has 0 atom stereocenters. The van der Waals surface area contributed by atoms with Gasteiger partial charge < -0.3 is 10.3 Å². The normalized spacial score (nSPS) is 11.3. The van der Waals surface area contributed by atoms with Gasteiger partial charge in [-0.3, -0.25) is 4.79 Å². The number of aromatic nitrogens is 1. The summed E-state index contributed by atoms with van der Waals surface area (Å²) in [4.78, 5) is 11.7. The van der Waals surface area contributed by atoms with Gasteiger partial charge in [-0.25, -0.2) is 8.42 Å². The highest BCUT2D eigenvalue weighted by molar-refractivity contribution is 7.90. The second-order valence-corrected chi connectivity index (χ2v) is 6.11. The summed E-state index contributed by atoms with van der Waals surface area (Å²) in [7, 11) is -3.10. The zero-order chi connectivity index (χ0) is 12.3. The number of sulfone groups is 1. The lowest BCUT2D eigenvalue weighted by Gasteiger charge is -2.06. The number of aryl methyl sites for hydroxylation is 1. The van der Waals surface area contributed by atoms with E-state index in [1.54, 1.807) is 6.07 Å². The second-order valence-electron chi connectivity index (χ2n) is 3.41. The lowest BCUT2D eigenvalue weighted by molar-refractivity contribution is 0.593. The van der Waals surface area contributed by atoms with E-state index in [0.29, 0.717) is 0 Å². The summed E-state index contributed by atoms with van der Waals surface area (Å²) in [5.41, 5.74) is 5.23. The van der Waals surface area contributed by atoms with Crippen molar-refractivity contribution in [2.24, 2.45) is 5.73 Å². The van der Waals surface area contributed by atoms with Gasteiger partial charge in [0.15, 0.2) is 0 Å². The molecule has 0 spiro atoms. The largest absolute Gasteiger partial charge is 0.389 e. The topological polar surface area (TPSA) is 82.2 Å². The van der Waals surface area contributed by atoms with E-state index < -0.39 is 9.84 Å². The van der Waals surface area contributed by atoms with Crippen molar-refractivity contribution in [2.45, 2.75) is 6.54 Å². The fraction of sp³-hybridized carbons (Fsp3) is 0.333. The minimum Gasteiger partial charge on any atom is -0.389 e. The van der Waals surface area contributed by atoms with Crippen LogP contribution in [0.15, 0.2) is 23.1 Å². The molecule has 0 aliphatic rings. The first-order valence-electron chi connectivity index (χ1n) is 4.48. The first-order valence-corrected chi connectivity index (χ1v) is 6.95. The summed E-state index contributed by atoms with van der Waals surface area (Å²) in [6, 6.07) is 3.12. The van der Waals surface area contributed by atoms with Crippen molar-refractivity contribution in [1.82, 2.24) is 4.57 Å². The fourth-order valence-corrected chi connectivity index (χ4v) is 1.85. The van der Waals surface area contributed by atoms with Gasteiger partial charge in [-0.2, -0.15) is 0 Å². The van der Waals surface area contributed by atoms with Crippen molar-refractivity contribution in [3.8, 4) is 0 Å². The minimum atomic E-state index is -3.10. The Morgan fingerprint density at radius 2 is 2.19 bits per heavy atom. The maximum absolute atomic E-state index is 11.7. The molecule has 1 aromatic heterocycles. The number of nitrogens with two attached hydrogens (primary N) is 1. The van der Waals surface area contributed by atoms with Crippen LogP contribution >= 0.6 is 12.2 Å². The van der Waals surface area contributed by atoms with Gasteiger partial charge in [0.25, 0.3) is 5.56 Å². The Morgan fingerprint density at radius 3 is 2.69 bits per heavy atom. The Morgan fingerprint density at radius 1 is 1.56 bits per heavy atom. The molecule has 0 aliphatic carbocycles. The summed E-state index contributed by atoms with van der Waals surface area (Å²) in [5.74, 6) is -0.0896. The predicted molar refractivity (Wildman–Crippen MR) is 66.3 cm³/mol. The summed E-state index contributed by atoms with van der Waals surface area (Å²) in [6.45, 7) is 0.105. The Hall–Kier alpha value is -1.21. The molecular formula is C9H12N2O3S2. The van der Waals surface area contributed by atoms with Crippen molar-refractivity contribution in [1.29, 1.82) is 0 Å². The third kappa shape index (κ3) is 3.42. The summed E-state index contributed by atoms with van der Waals surface area (Å²) >= 11 is 4.71. The molecule has 16 heavy (non-hydrogen) atoms. The second kappa shape index (κ2) is 4.75. The Balaban J connectivity index is 3.03. The first-order chi connectivity index (χ1) is 7.31. The van der Waals surface area contributed by atoms with Crippen molar-refractivity contribution >= 4 is 27.0 Å². The van der Waals surface area contributed by atoms with Crippen molar-refractivity contribution in [3.05, 3.63) is 34.2 Å². The summed E-state index contributed by atoms with van der Waals surface area (Å²) in [6.07, 6.45) is 2.63. The molecular weight excluding hydrogens is 248 g/mol. The molecule has 88 valence electrons. The van der Waals surface area contributed by atoms with E-state index in [9.17, 15) is 13.2 Å². The van der Waals surface area contributed by atoms with Crippen LogP contribution in [0.3, 0.4) is 0 Å². The van der Waals surface area contributed by atoms with E-state index in [-0.39, 0.29) is 28.4 Å². The first kappa shape index (κ1) is 12.9. The van der Waals surface area contributed by atoms with Crippen LogP contribution in [0.4, 0.5) is 0 Å². The fourth-order valence-electron chi connectivity index (χ4n) is 1.16. The van der Waals surface area contributed by atoms with E-state index >= 15 is 0 Å². The van der Waals surface area contributed by atoms with Crippen LogP contribution in [0.25, 0.3) is 0 Å². The maximum Gasteiger partial charge on any atom is 0.260 e. The monoisotopic (exact) mass is 260 g/mol. The molecule has 0 amide bonds. The molecule has 0 saturated carbocycles. The number of hydrogen-bond acceptors (Lipinski definition) is 4. The van der Waals surface area contributed by atoms with Gasteiger partial charge >= 0.3 is 0 Å². The molecule has 0 aromatic carbocycles. The molecule has 5 nitrogen and oxygen atoms in total. The van der Waals surface area contributed by atoms with E-state index in [1.807, 2.05) is 0 Å². The van der Waals surface area contributed by atoms with Crippen LogP contribution < -0.4 is 11.3 Å². The SMILES string of the molecule is CS(=O)(=O)CCn1cccc(C(N)=S)c1=O. The van der Waals surface area contributed by atoms with Crippen molar-refractivity contribution in [2.75, 3.05) is 12.0 Å². The molecule has 1 rings (SSSR count). The number of rotatable bonds is 4. The quantitative estimate of drug-likeness (QED) is 0.740. The average molecular weight is 260 g/mol. The van der Waals surface area contributed by atoms with E-state index in [0.717, 1.165) is 6.26 Å². The van der Waals surface area contributed by atoms with Gasteiger partial charge in [0.1, 0.15) is 14.8 Å². The van der Waals surface area contributed by atoms with Crippen LogP contribution in [0.5, 0.6) is 0 Å². The predicted octanol–water partition coefficient (Wildman–Crippen LogP) is -0.473. The zero-order valence-electron chi connectivity index (χ0n) is 8.71. The molecule has 0 fully saturated rings. The minimum absolute atomic E-state index is 0.0127. The van der Waals surface area contributed by atoms with Crippen LogP contribution in [0, 0.1) is 0 Å². The van der Waals surface area contributed by atoms with Gasteiger partial charge in [0, 0.05) is 19.0 Å². The lowest BCUT2D eigenvalue weighted by atomic mass is 10.3. The average Bonchev–Trinajstić information content (AvgIpc) is 2.14. The zero-order valence-corrected chi connectivity index (χ0v) is 10.3. The Bertz CT molecular complexity index is 560. The summed E-state index contributed by atoms with van der Waals surface area (Å²) < 4.78 is 23.2. The molecule has 2 N–H and O–H groups in total. The van der Waals surface area contributed by atoms with Crippen LogP contribution in [-0.4, -0.2) is 30.0 Å². The number of pyridine rings is 1. The Kier molecular flexibility index (Phi) is 3.82. The highest BCUT2D eigenvalue weighted by atomic mass is 32.2. The molecule has 1 aromatic rings. The van der Waals surface area contributed by atoms with E-state index in [2.05, 4.69) is 0 Å². The highest BCUT2D eigenvalue weighted by Crippen LogP contribution is 1.93. The standard InChI is InChI=1S/C9H12N2O3S2/c1-16(13,14)6-5-11-4-2-3-7(8(10)15)9(11)12/h2-4H,5-6H2,1H3,(H2,10,15). The molecule has 0 radical (unpaired) electrons.